The fraction of sp³-hybridized carbons (Fsp3) is 0.474. The van der Waals surface area contributed by atoms with Gasteiger partial charge in [0.05, 0.1) is 5.52 Å². The summed E-state index contributed by atoms with van der Waals surface area (Å²) in [6.45, 7) is 1.99. The predicted molar refractivity (Wildman–Crippen MR) is 86.6 cm³/mol. The van der Waals surface area contributed by atoms with Crippen molar-refractivity contribution in [3.05, 3.63) is 41.6 Å². The Morgan fingerprint density at radius 3 is 2.76 bits per heavy atom. The molecule has 1 aromatic heterocycles. The Kier molecular flexibility index (Phi) is 4.33. The molecule has 1 aliphatic rings. The molecule has 0 aliphatic heterocycles. The van der Waals surface area contributed by atoms with Crippen LogP contribution in [0.4, 0.5) is 0 Å². The van der Waals surface area contributed by atoms with Crippen molar-refractivity contribution in [3.8, 4) is 0 Å². The van der Waals surface area contributed by atoms with Gasteiger partial charge >= 0.3 is 0 Å². The third kappa shape index (κ3) is 3.49. The molecule has 0 bridgehead atoms. The fourth-order valence-corrected chi connectivity index (χ4v) is 3.36. The van der Waals surface area contributed by atoms with Crippen LogP contribution in [0.15, 0.2) is 30.3 Å². The summed E-state index contributed by atoms with van der Waals surface area (Å²) in [6.07, 6.45) is 8.45. The van der Waals surface area contributed by atoms with Crippen molar-refractivity contribution < 1.29 is 4.79 Å². The van der Waals surface area contributed by atoms with E-state index in [1.807, 2.05) is 31.2 Å². The van der Waals surface area contributed by atoms with Crippen LogP contribution >= 0.6 is 0 Å². The van der Waals surface area contributed by atoms with Gasteiger partial charge in [-0.2, -0.15) is 0 Å². The maximum atomic E-state index is 12.4. The molecule has 0 saturated heterocycles. The number of hydrogen-bond acceptors (Lipinski definition) is 2. The van der Waals surface area contributed by atoms with E-state index in [-0.39, 0.29) is 5.78 Å². The molecule has 0 radical (unpaired) electrons. The summed E-state index contributed by atoms with van der Waals surface area (Å²) in [6, 6.07) is 9.94. The third-order valence-electron chi connectivity index (χ3n) is 4.65. The van der Waals surface area contributed by atoms with Crippen LogP contribution in [0.3, 0.4) is 0 Å². The van der Waals surface area contributed by atoms with Crippen molar-refractivity contribution in [2.75, 3.05) is 0 Å². The number of benzene rings is 1. The van der Waals surface area contributed by atoms with E-state index >= 15 is 0 Å². The third-order valence-corrected chi connectivity index (χ3v) is 4.65. The summed E-state index contributed by atoms with van der Waals surface area (Å²) in [4.78, 5) is 16.9. The normalized spacial score (nSPS) is 16.2. The van der Waals surface area contributed by atoms with Crippen LogP contribution in [0.5, 0.6) is 0 Å². The second-order valence-electron chi connectivity index (χ2n) is 6.33. The van der Waals surface area contributed by atoms with E-state index in [1.165, 1.54) is 32.1 Å². The highest BCUT2D eigenvalue weighted by atomic mass is 16.1. The smallest absolute Gasteiger partial charge is 0.162 e. The number of ketones is 1. The summed E-state index contributed by atoms with van der Waals surface area (Å²) in [7, 11) is 0. The fourth-order valence-electron chi connectivity index (χ4n) is 3.36. The standard InChI is InChI=1S/C19H23NO/c1-14-7-9-16-13-17(10-11-18(16)20-14)19(21)12-8-15-5-3-2-4-6-15/h7,9-11,13,15H,2-6,8,12H2,1H3. The van der Waals surface area contributed by atoms with Gasteiger partial charge in [0.1, 0.15) is 0 Å². The number of rotatable bonds is 4. The minimum absolute atomic E-state index is 0.281. The first-order valence-electron chi connectivity index (χ1n) is 8.13. The van der Waals surface area contributed by atoms with Crippen molar-refractivity contribution in [3.63, 3.8) is 0 Å². The Balaban J connectivity index is 1.67. The first-order valence-corrected chi connectivity index (χ1v) is 8.13. The number of Topliss-reactive ketones (excluding diaryl/α,β-unsaturated/α-hetero) is 1. The highest BCUT2D eigenvalue weighted by molar-refractivity contribution is 5.99. The molecule has 0 atom stereocenters. The van der Waals surface area contributed by atoms with Crippen molar-refractivity contribution in [2.24, 2.45) is 5.92 Å². The molecule has 1 heterocycles. The van der Waals surface area contributed by atoms with Crippen LogP contribution in [-0.4, -0.2) is 10.8 Å². The first-order chi connectivity index (χ1) is 10.2. The SMILES string of the molecule is Cc1ccc2cc(C(=O)CCC3CCCCC3)ccc2n1. The summed E-state index contributed by atoms with van der Waals surface area (Å²) in [5, 5.41) is 1.06. The zero-order valence-electron chi connectivity index (χ0n) is 12.8. The number of carbonyl (C=O) groups is 1. The van der Waals surface area contributed by atoms with Gasteiger partial charge in [-0.3, -0.25) is 9.78 Å². The highest BCUT2D eigenvalue weighted by Gasteiger charge is 2.15. The summed E-state index contributed by atoms with van der Waals surface area (Å²) < 4.78 is 0. The predicted octanol–water partition coefficient (Wildman–Crippen LogP) is 5.09. The molecule has 0 spiro atoms. The van der Waals surface area contributed by atoms with Crippen molar-refractivity contribution in [1.82, 2.24) is 4.98 Å². The molecule has 3 rings (SSSR count). The van der Waals surface area contributed by atoms with Crippen molar-refractivity contribution in [2.45, 2.75) is 51.9 Å². The van der Waals surface area contributed by atoms with Gasteiger partial charge in [0.2, 0.25) is 0 Å². The average molecular weight is 281 g/mol. The molecule has 21 heavy (non-hydrogen) atoms. The number of fused-ring (bicyclic) bond motifs is 1. The van der Waals surface area contributed by atoms with Crippen molar-refractivity contribution >= 4 is 16.7 Å². The van der Waals surface area contributed by atoms with Gasteiger partial charge in [-0.05, 0) is 43.5 Å². The van der Waals surface area contributed by atoms with E-state index in [2.05, 4.69) is 11.1 Å². The van der Waals surface area contributed by atoms with E-state index < -0.39 is 0 Å². The Bertz CT molecular complexity index is 641. The lowest BCUT2D eigenvalue weighted by Gasteiger charge is -2.20. The van der Waals surface area contributed by atoms with E-state index in [4.69, 9.17) is 0 Å². The van der Waals surface area contributed by atoms with Gasteiger partial charge in [0.25, 0.3) is 0 Å². The molecule has 2 aromatic rings. The molecular formula is C19H23NO. The van der Waals surface area contributed by atoms with Crippen LogP contribution in [0.1, 0.15) is 61.0 Å². The lowest BCUT2D eigenvalue weighted by molar-refractivity contribution is 0.0970. The van der Waals surface area contributed by atoms with Crippen LogP contribution in [-0.2, 0) is 0 Å². The summed E-state index contributed by atoms with van der Waals surface area (Å²) >= 11 is 0. The molecule has 2 nitrogen and oxygen atoms in total. The Morgan fingerprint density at radius 2 is 1.95 bits per heavy atom. The number of pyridine rings is 1. The van der Waals surface area contributed by atoms with Gasteiger partial charge in [-0.15, -0.1) is 0 Å². The van der Waals surface area contributed by atoms with Gasteiger partial charge in [-0.25, -0.2) is 0 Å². The maximum Gasteiger partial charge on any atom is 0.162 e. The van der Waals surface area contributed by atoms with E-state index in [0.717, 1.165) is 34.5 Å². The van der Waals surface area contributed by atoms with Crippen LogP contribution < -0.4 is 0 Å². The minimum Gasteiger partial charge on any atom is -0.294 e. The van der Waals surface area contributed by atoms with Gasteiger partial charge in [0.15, 0.2) is 5.78 Å². The monoisotopic (exact) mass is 281 g/mol. The molecule has 110 valence electrons. The quantitative estimate of drug-likeness (QED) is 0.731. The zero-order chi connectivity index (χ0) is 14.7. The van der Waals surface area contributed by atoms with Gasteiger partial charge in [0, 0.05) is 23.1 Å². The molecule has 1 aliphatic carbocycles. The minimum atomic E-state index is 0.281. The second kappa shape index (κ2) is 6.38. The van der Waals surface area contributed by atoms with Gasteiger partial charge in [-0.1, -0.05) is 38.2 Å². The number of nitrogens with zero attached hydrogens (tertiary/aromatic N) is 1. The van der Waals surface area contributed by atoms with E-state index in [9.17, 15) is 4.79 Å². The van der Waals surface area contributed by atoms with E-state index in [0.29, 0.717) is 6.42 Å². The largest absolute Gasteiger partial charge is 0.294 e. The number of aryl methyl sites for hydroxylation is 1. The molecule has 0 unspecified atom stereocenters. The zero-order valence-corrected chi connectivity index (χ0v) is 12.8. The lowest BCUT2D eigenvalue weighted by Crippen LogP contribution is -2.09. The number of carbonyl (C=O) groups excluding carboxylic acids is 1. The van der Waals surface area contributed by atoms with Gasteiger partial charge < -0.3 is 0 Å². The van der Waals surface area contributed by atoms with Crippen LogP contribution in [0, 0.1) is 12.8 Å². The molecule has 2 heteroatoms. The molecular weight excluding hydrogens is 258 g/mol. The second-order valence-corrected chi connectivity index (χ2v) is 6.33. The molecule has 0 N–H and O–H groups in total. The molecule has 0 amide bonds. The molecule has 1 aromatic carbocycles. The Morgan fingerprint density at radius 1 is 1.14 bits per heavy atom. The summed E-state index contributed by atoms with van der Waals surface area (Å²) in [5.41, 5.74) is 2.82. The van der Waals surface area contributed by atoms with Crippen molar-refractivity contribution in [1.29, 1.82) is 0 Å². The molecule has 1 fully saturated rings. The first kappa shape index (κ1) is 14.2. The Hall–Kier alpha value is -1.70. The highest BCUT2D eigenvalue weighted by Crippen LogP contribution is 2.28. The number of hydrogen-bond donors (Lipinski definition) is 0. The Labute approximate surface area is 126 Å². The van der Waals surface area contributed by atoms with E-state index in [1.54, 1.807) is 0 Å². The van der Waals surface area contributed by atoms with Crippen LogP contribution in [0.25, 0.3) is 10.9 Å². The summed E-state index contributed by atoms with van der Waals surface area (Å²) in [5.74, 6) is 1.05. The van der Waals surface area contributed by atoms with Crippen LogP contribution in [0.2, 0.25) is 0 Å². The average Bonchev–Trinajstić information content (AvgIpc) is 2.53. The maximum absolute atomic E-state index is 12.4. The molecule has 1 saturated carbocycles. The number of aromatic nitrogens is 1. The topological polar surface area (TPSA) is 30.0 Å². The lowest BCUT2D eigenvalue weighted by atomic mass is 9.85.